The minimum Gasteiger partial charge on any atom is -0.468 e. The summed E-state index contributed by atoms with van der Waals surface area (Å²) in [5, 5.41) is 5.06. The lowest BCUT2D eigenvalue weighted by Gasteiger charge is -2.34. The average molecular weight is 383 g/mol. The van der Waals surface area contributed by atoms with Crippen LogP contribution >= 0.6 is 11.3 Å². The summed E-state index contributed by atoms with van der Waals surface area (Å²) in [5.74, 6) is 2.11. The Bertz CT molecular complexity index is 912. The number of rotatable bonds is 5. The molecular formula is C21H26N4OS. The van der Waals surface area contributed by atoms with Crippen molar-refractivity contribution in [1.29, 1.82) is 0 Å². The standard InChI is InChI=1S/C21H26N4OS/c1-25(12-16-4-3-11-26-16)15-9-7-14(8-10-15)24-20-19-17-5-2-6-18(17)27-21(19)23-13-22-20/h3-4,11,13-15H,2,5-10,12H2,1H3,(H,22,23,24)/t14-,15-. The Kier molecular flexibility index (Phi) is 4.61. The summed E-state index contributed by atoms with van der Waals surface area (Å²) < 4.78 is 5.50. The summed E-state index contributed by atoms with van der Waals surface area (Å²) in [6.07, 6.45) is 11.9. The van der Waals surface area contributed by atoms with E-state index in [1.54, 1.807) is 12.6 Å². The highest BCUT2D eigenvalue weighted by molar-refractivity contribution is 7.19. The third kappa shape index (κ3) is 3.36. The third-order valence-corrected chi connectivity index (χ3v) is 7.35. The second-order valence-electron chi connectivity index (χ2n) is 7.90. The first-order valence-corrected chi connectivity index (χ1v) is 10.8. The van der Waals surface area contributed by atoms with Gasteiger partial charge in [0, 0.05) is 17.0 Å². The number of thiophene rings is 1. The van der Waals surface area contributed by atoms with Gasteiger partial charge in [-0.05, 0) is 69.7 Å². The van der Waals surface area contributed by atoms with Crippen molar-refractivity contribution in [2.45, 2.75) is 63.6 Å². The molecule has 1 saturated carbocycles. The van der Waals surface area contributed by atoms with E-state index in [1.807, 2.05) is 17.4 Å². The van der Waals surface area contributed by atoms with Gasteiger partial charge in [-0.3, -0.25) is 4.90 Å². The van der Waals surface area contributed by atoms with Gasteiger partial charge in [-0.1, -0.05) is 0 Å². The highest BCUT2D eigenvalue weighted by Crippen LogP contribution is 2.39. The predicted molar refractivity (Wildman–Crippen MR) is 109 cm³/mol. The van der Waals surface area contributed by atoms with E-state index in [2.05, 4.69) is 33.3 Å². The molecule has 6 heteroatoms. The fourth-order valence-electron chi connectivity index (χ4n) is 4.67. The number of hydrogen-bond acceptors (Lipinski definition) is 6. The zero-order valence-corrected chi connectivity index (χ0v) is 16.6. The molecule has 0 radical (unpaired) electrons. The van der Waals surface area contributed by atoms with Crippen LogP contribution in [0.25, 0.3) is 10.2 Å². The van der Waals surface area contributed by atoms with Crippen LogP contribution in [0.4, 0.5) is 5.82 Å². The Morgan fingerprint density at radius 2 is 2.11 bits per heavy atom. The Hall–Kier alpha value is -1.92. The third-order valence-electron chi connectivity index (χ3n) is 6.15. The molecule has 0 saturated heterocycles. The smallest absolute Gasteiger partial charge is 0.138 e. The van der Waals surface area contributed by atoms with Gasteiger partial charge < -0.3 is 9.73 Å². The summed E-state index contributed by atoms with van der Waals surface area (Å²) in [6.45, 7) is 0.892. The number of aromatic nitrogens is 2. The summed E-state index contributed by atoms with van der Waals surface area (Å²) in [4.78, 5) is 14.3. The highest BCUT2D eigenvalue weighted by atomic mass is 32.1. The van der Waals surface area contributed by atoms with Crippen molar-refractivity contribution in [3.63, 3.8) is 0 Å². The molecule has 142 valence electrons. The number of nitrogens with zero attached hydrogens (tertiary/aromatic N) is 3. The monoisotopic (exact) mass is 382 g/mol. The Labute approximate surface area is 163 Å². The molecule has 5 rings (SSSR count). The molecule has 5 nitrogen and oxygen atoms in total. The lowest BCUT2D eigenvalue weighted by atomic mass is 9.90. The molecule has 3 heterocycles. The first-order chi connectivity index (χ1) is 13.3. The van der Waals surface area contributed by atoms with Crippen LogP contribution in [0.5, 0.6) is 0 Å². The largest absolute Gasteiger partial charge is 0.468 e. The normalized spacial score (nSPS) is 22.4. The molecule has 2 aliphatic rings. The number of nitrogens with one attached hydrogen (secondary N) is 1. The van der Waals surface area contributed by atoms with E-state index in [1.165, 1.54) is 60.8 Å². The van der Waals surface area contributed by atoms with Crippen molar-refractivity contribution in [2.24, 2.45) is 0 Å². The van der Waals surface area contributed by atoms with Crippen LogP contribution in [0.2, 0.25) is 0 Å². The molecule has 3 aromatic rings. The van der Waals surface area contributed by atoms with Crippen LogP contribution in [-0.4, -0.2) is 34.0 Å². The first-order valence-electron chi connectivity index (χ1n) is 10.0. The van der Waals surface area contributed by atoms with Gasteiger partial charge in [0.05, 0.1) is 18.2 Å². The van der Waals surface area contributed by atoms with Crippen LogP contribution in [-0.2, 0) is 19.4 Å². The number of furan rings is 1. The van der Waals surface area contributed by atoms with E-state index < -0.39 is 0 Å². The van der Waals surface area contributed by atoms with Crippen LogP contribution in [0.1, 0.15) is 48.3 Å². The second-order valence-corrected chi connectivity index (χ2v) is 8.99. The van der Waals surface area contributed by atoms with Gasteiger partial charge >= 0.3 is 0 Å². The SMILES string of the molecule is CN(Cc1ccco1)[C@H]1CC[C@H](Nc2ncnc3sc4c(c23)CCC4)CC1. The summed E-state index contributed by atoms with van der Waals surface area (Å²) in [5.41, 5.74) is 1.50. The highest BCUT2D eigenvalue weighted by Gasteiger charge is 2.26. The van der Waals surface area contributed by atoms with Crippen LogP contribution < -0.4 is 5.32 Å². The second kappa shape index (κ2) is 7.24. The molecule has 1 fully saturated rings. The fourth-order valence-corrected chi connectivity index (χ4v) is 5.90. The molecule has 27 heavy (non-hydrogen) atoms. The van der Waals surface area contributed by atoms with Crippen LogP contribution in [0.15, 0.2) is 29.1 Å². The summed E-state index contributed by atoms with van der Waals surface area (Å²) in [7, 11) is 2.21. The number of fused-ring (bicyclic) bond motifs is 3. The van der Waals surface area contributed by atoms with Gasteiger partial charge in [-0.2, -0.15) is 0 Å². The molecular weight excluding hydrogens is 356 g/mol. The topological polar surface area (TPSA) is 54.2 Å². The minimum atomic E-state index is 0.508. The first kappa shape index (κ1) is 17.2. The van der Waals surface area contributed by atoms with Crippen molar-refractivity contribution in [2.75, 3.05) is 12.4 Å². The molecule has 2 aliphatic carbocycles. The van der Waals surface area contributed by atoms with Crippen molar-refractivity contribution in [3.8, 4) is 0 Å². The van der Waals surface area contributed by atoms with E-state index >= 15 is 0 Å². The van der Waals surface area contributed by atoms with Crippen molar-refractivity contribution in [3.05, 3.63) is 40.9 Å². The Morgan fingerprint density at radius 1 is 1.22 bits per heavy atom. The summed E-state index contributed by atoms with van der Waals surface area (Å²) in [6, 6.07) is 5.16. The van der Waals surface area contributed by atoms with E-state index in [0.29, 0.717) is 12.1 Å². The zero-order chi connectivity index (χ0) is 18.2. The quantitative estimate of drug-likeness (QED) is 0.697. The van der Waals surface area contributed by atoms with Crippen molar-refractivity contribution < 1.29 is 4.42 Å². The van der Waals surface area contributed by atoms with Gasteiger partial charge in [0.25, 0.3) is 0 Å². The van der Waals surface area contributed by atoms with Crippen molar-refractivity contribution >= 4 is 27.4 Å². The van der Waals surface area contributed by atoms with Gasteiger partial charge in [0.2, 0.25) is 0 Å². The minimum absolute atomic E-state index is 0.508. The zero-order valence-electron chi connectivity index (χ0n) is 15.8. The van der Waals surface area contributed by atoms with Gasteiger partial charge in [-0.15, -0.1) is 11.3 Å². The average Bonchev–Trinajstić information content (AvgIpc) is 3.39. The van der Waals surface area contributed by atoms with Gasteiger partial charge in [0.1, 0.15) is 22.7 Å². The molecule has 1 N–H and O–H groups in total. The molecule has 3 aromatic heterocycles. The molecule has 0 amide bonds. The number of hydrogen-bond donors (Lipinski definition) is 1. The molecule has 0 aromatic carbocycles. The van der Waals surface area contributed by atoms with E-state index in [9.17, 15) is 0 Å². The Balaban J connectivity index is 1.24. The fraction of sp³-hybridized carbons (Fsp3) is 0.524. The number of anilines is 1. The molecule has 0 atom stereocenters. The van der Waals surface area contributed by atoms with Crippen LogP contribution in [0, 0.1) is 0 Å². The number of aryl methyl sites for hydroxylation is 2. The van der Waals surface area contributed by atoms with Gasteiger partial charge in [0.15, 0.2) is 0 Å². The lowest BCUT2D eigenvalue weighted by Crippen LogP contribution is -2.38. The molecule has 0 spiro atoms. The molecule has 0 bridgehead atoms. The van der Waals surface area contributed by atoms with Crippen LogP contribution in [0.3, 0.4) is 0 Å². The van der Waals surface area contributed by atoms with E-state index in [4.69, 9.17) is 4.42 Å². The van der Waals surface area contributed by atoms with Gasteiger partial charge in [-0.25, -0.2) is 9.97 Å². The Morgan fingerprint density at radius 3 is 2.93 bits per heavy atom. The predicted octanol–water partition coefficient (Wildman–Crippen LogP) is 4.63. The van der Waals surface area contributed by atoms with E-state index in [-0.39, 0.29) is 0 Å². The maximum Gasteiger partial charge on any atom is 0.138 e. The maximum absolute atomic E-state index is 5.50. The molecule has 0 unspecified atom stereocenters. The maximum atomic E-state index is 5.50. The molecule has 0 aliphatic heterocycles. The summed E-state index contributed by atoms with van der Waals surface area (Å²) >= 11 is 1.86. The lowest BCUT2D eigenvalue weighted by molar-refractivity contribution is 0.168. The van der Waals surface area contributed by atoms with E-state index in [0.717, 1.165) is 23.0 Å². The van der Waals surface area contributed by atoms with Crippen molar-refractivity contribution in [1.82, 2.24) is 14.9 Å².